The van der Waals surface area contributed by atoms with Gasteiger partial charge in [0.05, 0.1) is 22.9 Å². The summed E-state index contributed by atoms with van der Waals surface area (Å²) in [7, 11) is 0. The third-order valence-corrected chi connectivity index (χ3v) is 7.23. The summed E-state index contributed by atoms with van der Waals surface area (Å²) < 4.78 is 5.22. The molecule has 2 aliphatic rings. The Balaban J connectivity index is 1.59. The minimum Gasteiger partial charge on any atom is -0.462 e. The molecule has 0 atom stereocenters. The Morgan fingerprint density at radius 1 is 1.38 bits per heavy atom. The molecule has 1 fully saturated rings. The SMILES string of the molecule is CCOC(=O)c1c(NC(=O)/C(C#N)=C\c2csc(C3CC3)n2)sc2c1CCCC2. The molecule has 1 N–H and O–H groups in total. The molecule has 0 unspecified atom stereocenters. The minimum atomic E-state index is -0.530. The number of rotatable bonds is 6. The number of ether oxygens (including phenoxy) is 1. The van der Waals surface area contributed by atoms with E-state index in [9.17, 15) is 14.9 Å². The van der Waals surface area contributed by atoms with E-state index in [0.29, 0.717) is 22.2 Å². The molecule has 0 bridgehead atoms. The van der Waals surface area contributed by atoms with Crippen molar-refractivity contribution in [1.82, 2.24) is 4.98 Å². The highest BCUT2D eigenvalue weighted by atomic mass is 32.1. The van der Waals surface area contributed by atoms with E-state index >= 15 is 0 Å². The van der Waals surface area contributed by atoms with Crippen molar-refractivity contribution in [2.45, 2.75) is 51.4 Å². The molecule has 1 amide bonds. The van der Waals surface area contributed by atoms with Crippen LogP contribution in [0.15, 0.2) is 11.0 Å². The van der Waals surface area contributed by atoms with Crippen molar-refractivity contribution in [1.29, 1.82) is 5.26 Å². The number of hydrogen-bond donors (Lipinski definition) is 1. The first kappa shape index (κ1) is 19.8. The Kier molecular flexibility index (Phi) is 5.79. The van der Waals surface area contributed by atoms with E-state index in [1.807, 2.05) is 11.4 Å². The first-order valence-electron chi connectivity index (χ1n) is 9.81. The fourth-order valence-corrected chi connectivity index (χ4v) is 5.65. The Morgan fingerprint density at radius 3 is 2.90 bits per heavy atom. The van der Waals surface area contributed by atoms with Crippen molar-refractivity contribution in [3.05, 3.63) is 37.7 Å². The standard InChI is InChI=1S/C21H21N3O3S2/c1-2-27-21(26)17-15-5-3-4-6-16(15)29-20(17)24-18(25)13(10-22)9-14-11-28-19(23-14)12-7-8-12/h9,11-12H,2-8H2,1H3,(H,24,25)/b13-9-. The van der Waals surface area contributed by atoms with E-state index in [0.717, 1.165) is 54.0 Å². The summed E-state index contributed by atoms with van der Waals surface area (Å²) >= 11 is 2.97. The number of carbonyl (C=O) groups excluding carboxylic acids is 2. The van der Waals surface area contributed by atoms with Crippen molar-refractivity contribution in [2.75, 3.05) is 11.9 Å². The average molecular weight is 428 g/mol. The fraction of sp³-hybridized carbons (Fsp3) is 0.429. The molecule has 29 heavy (non-hydrogen) atoms. The molecule has 2 heterocycles. The highest BCUT2D eigenvalue weighted by Crippen LogP contribution is 2.41. The summed E-state index contributed by atoms with van der Waals surface area (Å²) in [6, 6.07) is 1.96. The van der Waals surface area contributed by atoms with Crippen LogP contribution in [-0.2, 0) is 22.4 Å². The number of hydrogen-bond acceptors (Lipinski definition) is 7. The van der Waals surface area contributed by atoms with Crippen molar-refractivity contribution in [2.24, 2.45) is 0 Å². The molecule has 150 valence electrons. The van der Waals surface area contributed by atoms with Crippen LogP contribution < -0.4 is 5.32 Å². The highest BCUT2D eigenvalue weighted by Gasteiger charge is 2.28. The largest absolute Gasteiger partial charge is 0.462 e. The summed E-state index contributed by atoms with van der Waals surface area (Å²) in [6.07, 6.45) is 7.60. The number of thiazole rings is 1. The number of esters is 1. The average Bonchev–Trinajstić information content (AvgIpc) is 3.34. The first-order chi connectivity index (χ1) is 14.1. The number of nitrogens with one attached hydrogen (secondary N) is 1. The van der Waals surface area contributed by atoms with Gasteiger partial charge in [-0.15, -0.1) is 22.7 Å². The maximum Gasteiger partial charge on any atom is 0.341 e. The number of aromatic nitrogens is 1. The third-order valence-electron chi connectivity index (χ3n) is 5.00. The Hall–Kier alpha value is -2.50. The van der Waals surface area contributed by atoms with E-state index in [1.165, 1.54) is 17.4 Å². The van der Waals surface area contributed by atoms with Gasteiger partial charge in [-0.1, -0.05) is 0 Å². The maximum absolute atomic E-state index is 12.8. The fourth-order valence-electron chi connectivity index (χ4n) is 3.42. The minimum absolute atomic E-state index is 0.0289. The van der Waals surface area contributed by atoms with Crippen LogP contribution in [0.3, 0.4) is 0 Å². The number of nitriles is 1. The van der Waals surface area contributed by atoms with E-state index < -0.39 is 11.9 Å². The number of nitrogens with zero attached hydrogens (tertiary/aromatic N) is 2. The summed E-state index contributed by atoms with van der Waals surface area (Å²) in [4.78, 5) is 30.9. The van der Waals surface area contributed by atoms with Gasteiger partial charge in [0, 0.05) is 16.2 Å². The van der Waals surface area contributed by atoms with Gasteiger partial charge in [0.25, 0.3) is 5.91 Å². The van der Waals surface area contributed by atoms with Crippen molar-refractivity contribution >= 4 is 45.6 Å². The van der Waals surface area contributed by atoms with E-state index in [4.69, 9.17) is 4.74 Å². The highest BCUT2D eigenvalue weighted by molar-refractivity contribution is 7.17. The van der Waals surface area contributed by atoms with Gasteiger partial charge in [-0.05, 0) is 57.1 Å². The second-order valence-electron chi connectivity index (χ2n) is 7.14. The Labute approximate surface area is 177 Å². The number of aryl methyl sites for hydroxylation is 1. The quantitative estimate of drug-likeness (QED) is 0.410. The zero-order valence-electron chi connectivity index (χ0n) is 16.1. The lowest BCUT2D eigenvalue weighted by Crippen LogP contribution is -2.16. The molecule has 6 nitrogen and oxygen atoms in total. The molecule has 2 aromatic rings. The number of thiophene rings is 1. The maximum atomic E-state index is 12.8. The van der Waals surface area contributed by atoms with Gasteiger partial charge >= 0.3 is 5.97 Å². The van der Waals surface area contributed by atoms with Crippen LogP contribution in [0.1, 0.15) is 70.0 Å². The Bertz CT molecular complexity index is 1020. The zero-order valence-corrected chi connectivity index (χ0v) is 17.8. The van der Waals surface area contributed by atoms with E-state index in [1.54, 1.807) is 18.3 Å². The predicted molar refractivity (Wildman–Crippen MR) is 113 cm³/mol. The lowest BCUT2D eigenvalue weighted by Gasteiger charge is -2.12. The lowest BCUT2D eigenvalue weighted by atomic mass is 9.95. The van der Waals surface area contributed by atoms with Crippen molar-refractivity contribution in [3.63, 3.8) is 0 Å². The smallest absolute Gasteiger partial charge is 0.341 e. The monoisotopic (exact) mass is 427 g/mol. The zero-order chi connectivity index (χ0) is 20.4. The van der Waals surface area contributed by atoms with Crippen LogP contribution >= 0.6 is 22.7 Å². The molecule has 8 heteroatoms. The van der Waals surface area contributed by atoms with Gasteiger partial charge in [-0.3, -0.25) is 4.79 Å². The molecule has 0 aliphatic heterocycles. The number of amides is 1. The second-order valence-corrected chi connectivity index (χ2v) is 9.14. The molecule has 0 spiro atoms. The molecule has 2 aliphatic carbocycles. The van der Waals surface area contributed by atoms with Crippen LogP contribution in [0.4, 0.5) is 5.00 Å². The van der Waals surface area contributed by atoms with Gasteiger partial charge in [-0.25, -0.2) is 9.78 Å². The lowest BCUT2D eigenvalue weighted by molar-refractivity contribution is -0.112. The summed E-state index contributed by atoms with van der Waals surface area (Å²) in [6.45, 7) is 2.03. The number of carbonyl (C=O) groups is 2. The van der Waals surface area contributed by atoms with Gasteiger partial charge in [0.15, 0.2) is 0 Å². The van der Waals surface area contributed by atoms with Crippen molar-refractivity contribution < 1.29 is 14.3 Å². The van der Waals surface area contributed by atoms with Crippen LogP contribution in [-0.4, -0.2) is 23.5 Å². The van der Waals surface area contributed by atoms with Gasteiger partial charge < -0.3 is 10.1 Å². The van der Waals surface area contributed by atoms with Crippen LogP contribution in [0.25, 0.3) is 6.08 Å². The predicted octanol–water partition coefficient (Wildman–Crippen LogP) is 4.68. The molecule has 1 saturated carbocycles. The summed E-state index contributed by atoms with van der Waals surface area (Å²) in [5, 5.41) is 15.7. The molecule has 0 radical (unpaired) electrons. The summed E-state index contributed by atoms with van der Waals surface area (Å²) in [5.41, 5.74) is 2.02. The van der Waals surface area contributed by atoms with Crippen molar-refractivity contribution in [3.8, 4) is 6.07 Å². The van der Waals surface area contributed by atoms with Gasteiger partial charge in [0.2, 0.25) is 0 Å². The van der Waals surface area contributed by atoms with Crippen LogP contribution in [0.5, 0.6) is 0 Å². The normalized spacial score (nSPS) is 16.1. The van der Waals surface area contributed by atoms with Crippen LogP contribution in [0.2, 0.25) is 0 Å². The third kappa shape index (κ3) is 4.26. The molecule has 0 saturated heterocycles. The topological polar surface area (TPSA) is 92.1 Å². The van der Waals surface area contributed by atoms with E-state index in [2.05, 4.69) is 10.3 Å². The Morgan fingerprint density at radius 2 is 2.17 bits per heavy atom. The molecule has 0 aromatic carbocycles. The van der Waals surface area contributed by atoms with Gasteiger partial charge in [0.1, 0.15) is 16.6 Å². The molecule has 2 aromatic heterocycles. The second kappa shape index (κ2) is 8.47. The van der Waals surface area contributed by atoms with Gasteiger partial charge in [-0.2, -0.15) is 5.26 Å². The van der Waals surface area contributed by atoms with Crippen LogP contribution in [0, 0.1) is 11.3 Å². The summed E-state index contributed by atoms with van der Waals surface area (Å²) in [5.74, 6) is -0.415. The number of fused-ring (bicyclic) bond motifs is 1. The molecular formula is C21H21N3O3S2. The number of anilines is 1. The molecule has 4 rings (SSSR count). The first-order valence-corrected chi connectivity index (χ1v) is 11.5. The van der Waals surface area contributed by atoms with E-state index in [-0.39, 0.29) is 12.2 Å². The molecular weight excluding hydrogens is 406 g/mol.